The monoisotopic (exact) mass is 247 g/mol. The lowest BCUT2D eigenvalue weighted by Crippen LogP contribution is -2.38. The molecular weight excluding hydrogens is 226 g/mol. The van der Waals surface area contributed by atoms with Crippen LogP contribution in [0.5, 0.6) is 0 Å². The summed E-state index contributed by atoms with van der Waals surface area (Å²) in [6.07, 6.45) is 5.81. The Bertz CT molecular complexity index is 383. The third-order valence-electron chi connectivity index (χ3n) is 3.89. The molecule has 0 spiro atoms. The van der Waals surface area contributed by atoms with E-state index in [0.717, 1.165) is 19.3 Å². The second-order valence-electron chi connectivity index (χ2n) is 5.30. The van der Waals surface area contributed by atoms with E-state index in [2.05, 4.69) is 29.6 Å². The summed E-state index contributed by atoms with van der Waals surface area (Å²) in [6.45, 7) is 0.267. The Morgan fingerprint density at radius 1 is 1.22 bits per heavy atom. The van der Waals surface area contributed by atoms with Crippen LogP contribution in [-0.2, 0) is 11.2 Å². The standard InChI is InChI=1S/C15H21NO2/c17-11-14(18)16-12-15(8-4-5-9-15)10-13-6-2-1-3-7-13/h1-3,6-7,17H,4-5,8-12H2,(H,16,18). The second-order valence-corrected chi connectivity index (χ2v) is 5.30. The molecule has 2 N–H and O–H groups in total. The first-order chi connectivity index (χ1) is 8.74. The molecule has 0 aromatic heterocycles. The van der Waals surface area contributed by atoms with Crippen molar-refractivity contribution in [2.75, 3.05) is 13.2 Å². The predicted molar refractivity (Wildman–Crippen MR) is 71.1 cm³/mol. The summed E-state index contributed by atoms with van der Waals surface area (Å²) in [5, 5.41) is 11.6. The molecule has 1 amide bonds. The van der Waals surface area contributed by atoms with Gasteiger partial charge in [0.25, 0.3) is 0 Å². The Labute approximate surface area is 108 Å². The Hall–Kier alpha value is -1.35. The summed E-state index contributed by atoms with van der Waals surface area (Å²) in [6, 6.07) is 10.4. The lowest BCUT2D eigenvalue weighted by atomic mass is 9.80. The summed E-state index contributed by atoms with van der Waals surface area (Å²) >= 11 is 0. The smallest absolute Gasteiger partial charge is 0.245 e. The number of carbonyl (C=O) groups excluding carboxylic acids is 1. The molecule has 0 bridgehead atoms. The van der Waals surface area contributed by atoms with Crippen molar-refractivity contribution in [1.29, 1.82) is 0 Å². The van der Waals surface area contributed by atoms with Gasteiger partial charge in [-0.3, -0.25) is 4.79 Å². The van der Waals surface area contributed by atoms with Crippen molar-refractivity contribution in [3.63, 3.8) is 0 Å². The second kappa shape index (κ2) is 6.01. The van der Waals surface area contributed by atoms with E-state index in [-0.39, 0.29) is 11.3 Å². The number of hydrogen-bond acceptors (Lipinski definition) is 2. The molecule has 18 heavy (non-hydrogen) atoms. The van der Waals surface area contributed by atoms with Crippen molar-refractivity contribution in [3.8, 4) is 0 Å². The maximum Gasteiger partial charge on any atom is 0.245 e. The van der Waals surface area contributed by atoms with Crippen LogP contribution in [0.25, 0.3) is 0 Å². The van der Waals surface area contributed by atoms with Crippen LogP contribution in [0.4, 0.5) is 0 Å². The van der Waals surface area contributed by atoms with Gasteiger partial charge in [-0.1, -0.05) is 43.2 Å². The molecule has 98 valence electrons. The van der Waals surface area contributed by atoms with Crippen LogP contribution in [0.15, 0.2) is 30.3 Å². The molecule has 1 fully saturated rings. The minimum absolute atomic E-state index is 0.187. The number of aliphatic hydroxyl groups excluding tert-OH is 1. The minimum Gasteiger partial charge on any atom is -0.387 e. The van der Waals surface area contributed by atoms with Gasteiger partial charge in [0.2, 0.25) is 5.91 Å². The summed E-state index contributed by atoms with van der Waals surface area (Å²) in [5.74, 6) is -0.269. The van der Waals surface area contributed by atoms with Crippen molar-refractivity contribution >= 4 is 5.91 Å². The third kappa shape index (κ3) is 3.33. The topological polar surface area (TPSA) is 49.3 Å². The molecule has 0 radical (unpaired) electrons. The van der Waals surface area contributed by atoms with E-state index in [0.29, 0.717) is 6.54 Å². The summed E-state index contributed by atoms with van der Waals surface area (Å²) < 4.78 is 0. The van der Waals surface area contributed by atoms with E-state index < -0.39 is 6.61 Å². The van der Waals surface area contributed by atoms with Gasteiger partial charge in [0, 0.05) is 6.54 Å². The number of carbonyl (C=O) groups is 1. The number of amides is 1. The van der Waals surface area contributed by atoms with Gasteiger partial charge >= 0.3 is 0 Å². The van der Waals surface area contributed by atoms with Crippen molar-refractivity contribution in [3.05, 3.63) is 35.9 Å². The fourth-order valence-electron chi connectivity index (χ4n) is 2.91. The highest BCUT2D eigenvalue weighted by atomic mass is 16.3. The zero-order chi connectivity index (χ0) is 12.8. The van der Waals surface area contributed by atoms with Crippen molar-refractivity contribution in [2.45, 2.75) is 32.1 Å². The maximum atomic E-state index is 11.2. The fourth-order valence-corrected chi connectivity index (χ4v) is 2.91. The van der Waals surface area contributed by atoms with Gasteiger partial charge in [-0.05, 0) is 30.2 Å². The van der Waals surface area contributed by atoms with E-state index in [4.69, 9.17) is 5.11 Å². The first-order valence-electron chi connectivity index (χ1n) is 6.66. The molecular formula is C15H21NO2. The van der Waals surface area contributed by atoms with Crippen molar-refractivity contribution in [1.82, 2.24) is 5.32 Å². The number of nitrogens with one attached hydrogen (secondary N) is 1. The quantitative estimate of drug-likeness (QED) is 0.835. The molecule has 1 aliphatic carbocycles. The van der Waals surface area contributed by atoms with Crippen LogP contribution in [0.2, 0.25) is 0 Å². The molecule has 0 aliphatic heterocycles. The Morgan fingerprint density at radius 2 is 1.89 bits per heavy atom. The Kier molecular flexibility index (Phi) is 4.37. The van der Waals surface area contributed by atoms with Crippen LogP contribution in [0.3, 0.4) is 0 Å². The van der Waals surface area contributed by atoms with Gasteiger partial charge < -0.3 is 10.4 Å². The van der Waals surface area contributed by atoms with E-state index in [1.807, 2.05) is 6.07 Å². The van der Waals surface area contributed by atoms with Crippen LogP contribution in [0.1, 0.15) is 31.2 Å². The lowest BCUT2D eigenvalue weighted by molar-refractivity contribution is -0.124. The van der Waals surface area contributed by atoms with E-state index >= 15 is 0 Å². The highest BCUT2D eigenvalue weighted by Gasteiger charge is 2.34. The zero-order valence-electron chi connectivity index (χ0n) is 10.7. The van der Waals surface area contributed by atoms with Gasteiger partial charge in [0.1, 0.15) is 6.61 Å². The fraction of sp³-hybridized carbons (Fsp3) is 0.533. The minimum atomic E-state index is -0.415. The van der Waals surface area contributed by atoms with E-state index in [1.165, 1.54) is 18.4 Å². The van der Waals surface area contributed by atoms with Crippen molar-refractivity contribution in [2.24, 2.45) is 5.41 Å². The van der Waals surface area contributed by atoms with Crippen LogP contribution in [-0.4, -0.2) is 24.2 Å². The number of rotatable bonds is 5. The number of aliphatic hydroxyl groups is 1. The van der Waals surface area contributed by atoms with E-state index in [1.54, 1.807) is 0 Å². The highest BCUT2D eigenvalue weighted by Crippen LogP contribution is 2.40. The van der Waals surface area contributed by atoms with Crippen molar-refractivity contribution < 1.29 is 9.90 Å². The van der Waals surface area contributed by atoms with Crippen LogP contribution < -0.4 is 5.32 Å². The zero-order valence-corrected chi connectivity index (χ0v) is 10.7. The third-order valence-corrected chi connectivity index (χ3v) is 3.89. The lowest BCUT2D eigenvalue weighted by Gasteiger charge is -2.29. The first-order valence-corrected chi connectivity index (χ1v) is 6.66. The van der Waals surface area contributed by atoms with Crippen LogP contribution in [0, 0.1) is 5.41 Å². The molecule has 3 heteroatoms. The molecule has 0 heterocycles. The molecule has 1 aliphatic rings. The van der Waals surface area contributed by atoms with Crippen LogP contribution >= 0.6 is 0 Å². The van der Waals surface area contributed by atoms with Gasteiger partial charge in [0.05, 0.1) is 0 Å². The molecule has 1 aromatic rings. The maximum absolute atomic E-state index is 11.2. The summed E-state index contributed by atoms with van der Waals surface area (Å²) in [5.41, 5.74) is 1.52. The molecule has 2 rings (SSSR count). The summed E-state index contributed by atoms with van der Waals surface area (Å²) in [7, 11) is 0. The molecule has 1 saturated carbocycles. The molecule has 3 nitrogen and oxygen atoms in total. The summed E-state index contributed by atoms with van der Waals surface area (Å²) in [4.78, 5) is 11.2. The van der Waals surface area contributed by atoms with Gasteiger partial charge in [0.15, 0.2) is 0 Å². The average Bonchev–Trinajstić information content (AvgIpc) is 2.86. The Morgan fingerprint density at radius 3 is 2.50 bits per heavy atom. The molecule has 0 saturated heterocycles. The largest absolute Gasteiger partial charge is 0.387 e. The van der Waals surface area contributed by atoms with E-state index in [9.17, 15) is 4.79 Å². The number of hydrogen-bond donors (Lipinski definition) is 2. The molecule has 1 aromatic carbocycles. The first kappa shape index (κ1) is 13.1. The van der Waals surface area contributed by atoms with Gasteiger partial charge in [-0.25, -0.2) is 0 Å². The van der Waals surface area contributed by atoms with Gasteiger partial charge in [-0.2, -0.15) is 0 Å². The normalized spacial score (nSPS) is 17.6. The average molecular weight is 247 g/mol. The van der Waals surface area contributed by atoms with Gasteiger partial charge in [-0.15, -0.1) is 0 Å². The SMILES string of the molecule is O=C(CO)NCC1(Cc2ccccc2)CCCC1. The molecule has 0 atom stereocenters. The Balaban J connectivity index is 2.00. The predicted octanol–water partition coefficient (Wildman–Crippen LogP) is 1.90. The molecule has 0 unspecified atom stereocenters. The highest BCUT2D eigenvalue weighted by molar-refractivity contribution is 5.76. The number of benzene rings is 1.